The Hall–Kier alpha value is -0.190. The van der Waals surface area contributed by atoms with Gasteiger partial charge < -0.3 is 9.47 Å². The van der Waals surface area contributed by atoms with Gasteiger partial charge in [-0.1, -0.05) is 0 Å². The largest absolute Gasteiger partial charge is 1.00 e. The van der Waals surface area contributed by atoms with Crippen LogP contribution in [0.5, 0.6) is 0 Å². The fourth-order valence-corrected chi connectivity index (χ4v) is 0.562. The fraction of sp³-hybridized carbons (Fsp3) is 0.625. The Bertz CT molecular complexity index is 152. The van der Waals surface area contributed by atoms with Crippen molar-refractivity contribution in [1.29, 1.82) is 0 Å². The van der Waals surface area contributed by atoms with Crippen LogP contribution in [0.15, 0.2) is 0 Å². The SMILES string of the molecule is CCOC(=O)[C-](C)C(=O)OCC.[Na+]. The van der Waals surface area contributed by atoms with E-state index in [0.717, 1.165) is 0 Å². The van der Waals surface area contributed by atoms with Crippen molar-refractivity contribution in [1.82, 2.24) is 0 Å². The molecule has 0 bridgehead atoms. The molecular formula is C8H13NaO4. The first-order valence-electron chi connectivity index (χ1n) is 3.81. The van der Waals surface area contributed by atoms with E-state index < -0.39 is 11.9 Å². The molecule has 0 atom stereocenters. The Morgan fingerprint density at radius 1 is 1.08 bits per heavy atom. The van der Waals surface area contributed by atoms with Crippen molar-refractivity contribution in [3.63, 3.8) is 0 Å². The van der Waals surface area contributed by atoms with Gasteiger partial charge in [-0.05, 0) is 13.8 Å². The van der Waals surface area contributed by atoms with Gasteiger partial charge >= 0.3 is 29.6 Å². The summed E-state index contributed by atoms with van der Waals surface area (Å²) in [4.78, 5) is 21.8. The molecule has 13 heavy (non-hydrogen) atoms. The Balaban J connectivity index is 0. The van der Waals surface area contributed by atoms with Gasteiger partial charge in [-0.15, -0.1) is 0 Å². The summed E-state index contributed by atoms with van der Waals surface area (Å²) in [5.74, 6) is -1.24. The second-order valence-electron chi connectivity index (χ2n) is 2.07. The molecule has 0 radical (unpaired) electrons. The molecule has 0 saturated heterocycles. The van der Waals surface area contributed by atoms with E-state index in [1.165, 1.54) is 6.92 Å². The molecule has 0 N–H and O–H groups in total. The van der Waals surface area contributed by atoms with Crippen LogP contribution in [0.25, 0.3) is 0 Å². The quantitative estimate of drug-likeness (QED) is 0.220. The van der Waals surface area contributed by atoms with Crippen molar-refractivity contribution in [2.45, 2.75) is 20.8 Å². The maximum absolute atomic E-state index is 10.9. The molecule has 0 aliphatic carbocycles. The van der Waals surface area contributed by atoms with Gasteiger partial charge in [0.15, 0.2) is 11.9 Å². The molecule has 0 aromatic heterocycles. The molecule has 0 aliphatic rings. The summed E-state index contributed by atoms with van der Waals surface area (Å²) in [5.41, 5.74) is 0. The molecule has 70 valence electrons. The van der Waals surface area contributed by atoms with Crippen molar-refractivity contribution in [2.75, 3.05) is 13.2 Å². The number of hydrogen-bond donors (Lipinski definition) is 0. The predicted octanol–water partition coefficient (Wildman–Crippen LogP) is -2.29. The van der Waals surface area contributed by atoms with Gasteiger partial charge in [-0.3, -0.25) is 9.59 Å². The van der Waals surface area contributed by atoms with Crippen LogP contribution in [0.4, 0.5) is 0 Å². The molecule has 0 spiro atoms. The average Bonchev–Trinajstić information content (AvgIpc) is 2.04. The van der Waals surface area contributed by atoms with Gasteiger partial charge in [0, 0.05) is 0 Å². The van der Waals surface area contributed by atoms with Gasteiger partial charge in [0.25, 0.3) is 0 Å². The van der Waals surface area contributed by atoms with Crippen LogP contribution in [-0.2, 0) is 19.1 Å². The van der Waals surface area contributed by atoms with Crippen LogP contribution in [0, 0.1) is 5.92 Å². The maximum atomic E-state index is 10.9. The van der Waals surface area contributed by atoms with Crippen molar-refractivity contribution in [3.05, 3.63) is 5.92 Å². The van der Waals surface area contributed by atoms with Crippen LogP contribution in [0.2, 0.25) is 0 Å². The summed E-state index contributed by atoms with van der Waals surface area (Å²) >= 11 is 0. The zero-order chi connectivity index (χ0) is 9.56. The number of rotatable bonds is 4. The summed E-state index contributed by atoms with van der Waals surface area (Å²) in [7, 11) is 0. The second kappa shape index (κ2) is 8.41. The van der Waals surface area contributed by atoms with E-state index in [9.17, 15) is 9.59 Å². The summed E-state index contributed by atoms with van der Waals surface area (Å²) < 4.78 is 9.19. The van der Waals surface area contributed by atoms with Crippen LogP contribution in [0.1, 0.15) is 20.8 Å². The van der Waals surface area contributed by atoms with Crippen LogP contribution < -0.4 is 29.6 Å². The van der Waals surface area contributed by atoms with Crippen LogP contribution in [0.3, 0.4) is 0 Å². The molecule has 0 heterocycles. The Morgan fingerprint density at radius 3 is 1.62 bits per heavy atom. The van der Waals surface area contributed by atoms with Crippen molar-refractivity contribution >= 4 is 11.9 Å². The monoisotopic (exact) mass is 196 g/mol. The minimum absolute atomic E-state index is 0. The van der Waals surface area contributed by atoms with Gasteiger partial charge in [0.1, 0.15) is 0 Å². The van der Waals surface area contributed by atoms with Crippen LogP contribution in [-0.4, -0.2) is 25.2 Å². The molecule has 0 aliphatic heterocycles. The van der Waals surface area contributed by atoms with Gasteiger partial charge in [-0.2, -0.15) is 12.8 Å². The molecular weight excluding hydrogens is 183 g/mol. The molecule has 0 aromatic carbocycles. The van der Waals surface area contributed by atoms with E-state index >= 15 is 0 Å². The molecule has 5 heteroatoms. The van der Waals surface area contributed by atoms with E-state index in [1.807, 2.05) is 0 Å². The molecule has 4 nitrogen and oxygen atoms in total. The fourth-order valence-electron chi connectivity index (χ4n) is 0.562. The first-order valence-corrected chi connectivity index (χ1v) is 3.81. The summed E-state index contributed by atoms with van der Waals surface area (Å²) in [5, 5.41) is 0. The minimum Gasteiger partial charge on any atom is -0.488 e. The minimum atomic E-state index is -0.615. The smallest absolute Gasteiger partial charge is 0.488 e. The molecule has 0 unspecified atom stereocenters. The molecule has 0 saturated carbocycles. The maximum Gasteiger partial charge on any atom is 1.00 e. The molecule has 0 fully saturated rings. The summed E-state index contributed by atoms with van der Waals surface area (Å²) in [6.45, 7) is 5.26. The normalized spacial score (nSPS) is 8.23. The first kappa shape index (κ1) is 15.3. The number of hydrogen-bond acceptors (Lipinski definition) is 4. The number of esters is 2. The molecule has 0 rings (SSSR count). The van der Waals surface area contributed by atoms with Crippen molar-refractivity contribution in [2.24, 2.45) is 0 Å². The van der Waals surface area contributed by atoms with E-state index in [1.54, 1.807) is 13.8 Å². The number of ether oxygens (including phenoxy) is 2. The Labute approximate surface area is 100 Å². The number of carbonyl (C=O) groups excluding carboxylic acids is 2. The van der Waals surface area contributed by atoms with Gasteiger partial charge in [0.05, 0.1) is 13.2 Å². The van der Waals surface area contributed by atoms with E-state index in [-0.39, 0.29) is 48.7 Å². The first-order chi connectivity index (χ1) is 5.63. The second-order valence-corrected chi connectivity index (χ2v) is 2.07. The van der Waals surface area contributed by atoms with Crippen molar-refractivity contribution in [3.8, 4) is 0 Å². The summed E-state index contributed by atoms with van der Waals surface area (Å²) in [6.07, 6.45) is 0. The standard InChI is InChI=1S/C8H13O4.Na/c1-4-11-7(9)6(3)8(10)12-5-2;/h4-5H2,1-3H3;/q-1;+1. The molecule has 0 aromatic rings. The van der Waals surface area contributed by atoms with E-state index in [4.69, 9.17) is 0 Å². The van der Waals surface area contributed by atoms with E-state index in [2.05, 4.69) is 9.47 Å². The average molecular weight is 196 g/mol. The third kappa shape index (κ3) is 5.96. The zero-order valence-corrected chi connectivity index (χ0v) is 10.5. The van der Waals surface area contributed by atoms with Gasteiger partial charge in [0.2, 0.25) is 0 Å². The third-order valence-electron chi connectivity index (χ3n) is 1.16. The molecule has 0 amide bonds. The van der Waals surface area contributed by atoms with Crippen LogP contribution >= 0.6 is 0 Å². The van der Waals surface area contributed by atoms with E-state index in [0.29, 0.717) is 0 Å². The zero-order valence-electron chi connectivity index (χ0n) is 8.55. The topological polar surface area (TPSA) is 52.6 Å². The Morgan fingerprint density at radius 2 is 1.38 bits per heavy atom. The van der Waals surface area contributed by atoms with Gasteiger partial charge in [-0.25, -0.2) is 0 Å². The third-order valence-corrected chi connectivity index (χ3v) is 1.16. The van der Waals surface area contributed by atoms with Crippen molar-refractivity contribution < 1.29 is 48.6 Å². The summed E-state index contributed by atoms with van der Waals surface area (Å²) in [6, 6.07) is 0. The number of carbonyl (C=O) groups is 2. The predicted molar refractivity (Wildman–Crippen MR) is 42.2 cm³/mol. The Kier molecular flexibility index (Phi) is 9.89.